The van der Waals surface area contributed by atoms with Gasteiger partial charge in [0.05, 0.1) is 6.61 Å². The lowest BCUT2D eigenvalue weighted by Crippen LogP contribution is -2.24. The molecule has 140 valence electrons. The van der Waals surface area contributed by atoms with Gasteiger partial charge in [0.2, 0.25) is 11.8 Å². The molecule has 8 nitrogen and oxygen atoms in total. The van der Waals surface area contributed by atoms with E-state index in [0.29, 0.717) is 24.3 Å². The first-order chi connectivity index (χ1) is 13.2. The molecule has 3 aromatic heterocycles. The summed E-state index contributed by atoms with van der Waals surface area (Å²) in [6.07, 6.45) is 3.41. The molecule has 0 aromatic carbocycles. The first-order valence-corrected chi connectivity index (χ1v) is 9.58. The molecule has 3 aromatic rings. The number of hydrogen-bond donors (Lipinski definition) is 0. The van der Waals surface area contributed by atoms with Crippen molar-refractivity contribution in [2.45, 2.75) is 39.0 Å². The molecule has 27 heavy (non-hydrogen) atoms. The van der Waals surface area contributed by atoms with E-state index in [1.807, 2.05) is 36.6 Å². The topological polar surface area (TPSA) is 81.3 Å². The van der Waals surface area contributed by atoms with Crippen LogP contribution in [0, 0.1) is 19.8 Å². The van der Waals surface area contributed by atoms with Crippen molar-refractivity contribution in [3.63, 3.8) is 0 Å². The van der Waals surface area contributed by atoms with E-state index in [-0.39, 0.29) is 0 Å². The number of aromatic nitrogens is 6. The van der Waals surface area contributed by atoms with E-state index in [9.17, 15) is 0 Å². The average Bonchev–Trinajstić information content (AvgIpc) is 3.23. The number of rotatable bonds is 5. The Morgan fingerprint density at radius 2 is 1.89 bits per heavy atom. The molecule has 0 spiro atoms. The summed E-state index contributed by atoms with van der Waals surface area (Å²) in [4.78, 5) is 11.4. The van der Waals surface area contributed by atoms with Crippen molar-refractivity contribution in [2.75, 3.05) is 24.6 Å². The SMILES string of the molecule is Cc1cc(C)nc(N2CCC(COc3ccc4nnc(C5CC5)n4n3)C2)n1. The van der Waals surface area contributed by atoms with Crippen LogP contribution in [0.2, 0.25) is 0 Å². The molecule has 1 aliphatic heterocycles. The molecule has 0 amide bonds. The molecule has 0 radical (unpaired) electrons. The van der Waals surface area contributed by atoms with E-state index in [1.165, 1.54) is 12.8 Å². The fourth-order valence-electron chi connectivity index (χ4n) is 3.66. The van der Waals surface area contributed by atoms with E-state index in [4.69, 9.17) is 4.74 Å². The van der Waals surface area contributed by atoms with E-state index in [2.05, 4.69) is 30.2 Å². The van der Waals surface area contributed by atoms with Crippen molar-refractivity contribution in [3.05, 3.63) is 35.4 Å². The van der Waals surface area contributed by atoms with Gasteiger partial charge in [-0.1, -0.05) is 0 Å². The van der Waals surface area contributed by atoms with Crippen molar-refractivity contribution < 1.29 is 4.74 Å². The van der Waals surface area contributed by atoms with Crippen LogP contribution in [0.4, 0.5) is 5.95 Å². The molecule has 1 saturated heterocycles. The van der Waals surface area contributed by atoms with E-state index >= 15 is 0 Å². The molecule has 5 rings (SSSR count). The standard InChI is InChI=1S/C19H23N7O/c1-12-9-13(2)21-19(20-12)25-8-7-14(10-25)11-27-17-6-5-16-22-23-18(15-3-4-15)26(16)24-17/h5-6,9,14-15H,3-4,7-8,10-11H2,1-2H3. The van der Waals surface area contributed by atoms with Crippen molar-refractivity contribution in [3.8, 4) is 5.88 Å². The second kappa shape index (κ2) is 6.44. The Labute approximate surface area is 157 Å². The van der Waals surface area contributed by atoms with Gasteiger partial charge in [0, 0.05) is 42.4 Å². The summed E-state index contributed by atoms with van der Waals surface area (Å²) in [6.45, 7) is 6.53. The Morgan fingerprint density at radius 3 is 2.67 bits per heavy atom. The van der Waals surface area contributed by atoms with E-state index in [0.717, 1.165) is 48.3 Å². The van der Waals surface area contributed by atoms with Crippen LogP contribution >= 0.6 is 0 Å². The van der Waals surface area contributed by atoms with Crippen LogP contribution in [0.15, 0.2) is 18.2 Å². The molecule has 1 saturated carbocycles. The molecule has 2 aliphatic rings. The van der Waals surface area contributed by atoms with Gasteiger partial charge in [0.25, 0.3) is 0 Å². The monoisotopic (exact) mass is 365 g/mol. The van der Waals surface area contributed by atoms with E-state index < -0.39 is 0 Å². The molecule has 0 bridgehead atoms. The largest absolute Gasteiger partial charge is 0.476 e. The molecule has 1 atom stereocenters. The van der Waals surface area contributed by atoms with Crippen LogP contribution in [0.1, 0.15) is 42.4 Å². The van der Waals surface area contributed by atoms with Gasteiger partial charge in [-0.15, -0.1) is 15.3 Å². The molecule has 2 fully saturated rings. The molecular weight excluding hydrogens is 342 g/mol. The number of anilines is 1. The van der Waals surface area contributed by atoms with Crippen LogP contribution in [0.5, 0.6) is 5.88 Å². The van der Waals surface area contributed by atoms with Crippen molar-refractivity contribution >= 4 is 11.6 Å². The van der Waals surface area contributed by atoms with Crippen LogP contribution in [-0.4, -0.2) is 49.5 Å². The maximum Gasteiger partial charge on any atom is 0.231 e. The zero-order valence-corrected chi connectivity index (χ0v) is 15.7. The zero-order chi connectivity index (χ0) is 18.4. The summed E-state index contributed by atoms with van der Waals surface area (Å²) >= 11 is 0. The van der Waals surface area contributed by atoms with Gasteiger partial charge in [0.1, 0.15) is 0 Å². The lowest BCUT2D eigenvalue weighted by atomic mass is 10.1. The fourth-order valence-corrected chi connectivity index (χ4v) is 3.66. The predicted molar refractivity (Wildman–Crippen MR) is 100 cm³/mol. The summed E-state index contributed by atoms with van der Waals surface area (Å²) in [5.41, 5.74) is 2.80. The molecule has 8 heteroatoms. The van der Waals surface area contributed by atoms with Gasteiger partial charge in [-0.3, -0.25) is 0 Å². The zero-order valence-electron chi connectivity index (χ0n) is 15.7. The number of nitrogens with zero attached hydrogens (tertiary/aromatic N) is 7. The predicted octanol–water partition coefficient (Wildman–Crippen LogP) is 2.31. The Morgan fingerprint density at radius 1 is 1.07 bits per heavy atom. The highest BCUT2D eigenvalue weighted by Crippen LogP contribution is 2.38. The van der Waals surface area contributed by atoms with Gasteiger partial charge in [-0.25, -0.2) is 9.97 Å². The molecule has 4 heterocycles. The summed E-state index contributed by atoms with van der Waals surface area (Å²) in [5, 5.41) is 13.0. The Balaban J connectivity index is 1.24. The van der Waals surface area contributed by atoms with Crippen LogP contribution in [0.3, 0.4) is 0 Å². The quantitative estimate of drug-likeness (QED) is 0.686. The highest BCUT2D eigenvalue weighted by Gasteiger charge is 2.29. The molecular formula is C19H23N7O. The molecule has 1 aliphatic carbocycles. The second-order valence-corrected chi connectivity index (χ2v) is 7.64. The maximum atomic E-state index is 6.00. The lowest BCUT2D eigenvalue weighted by molar-refractivity contribution is 0.248. The minimum atomic E-state index is 0.440. The van der Waals surface area contributed by atoms with Crippen LogP contribution in [0.25, 0.3) is 5.65 Å². The third-order valence-electron chi connectivity index (χ3n) is 5.21. The maximum absolute atomic E-state index is 6.00. The number of hydrogen-bond acceptors (Lipinski definition) is 7. The summed E-state index contributed by atoms with van der Waals surface area (Å²) < 4.78 is 7.83. The second-order valence-electron chi connectivity index (χ2n) is 7.64. The first kappa shape index (κ1) is 16.4. The van der Waals surface area contributed by atoms with Crippen LogP contribution < -0.4 is 9.64 Å². The molecule has 0 N–H and O–H groups in total. The van der Waals surface area contributed by atoms with Gasteiger partial charge in [-0.05, 0) is 45.2 Å². The van der Waals surface area contributed by atoms with Crippen molar-refractivity contribution in [1.82, 2.24) is 29.8 Å². The minimum absolute atomic E-state index is 0.440. The first-order valence-electron chi connectivity index (χ1n) is 9.58. The van der Waals surface area contributed by atoms with Crippen LogP contribution in [-0.2, 0) is 0 Å². The van der Waals surface area contributed by atoms with Gasteiger partial charge < -0.3 is 9.64 Å². The Hall–Kier alpha value is -2.77. The van der Waals surface area contributed by atoms with Gasteiger partial charge in [-0.2, -0.15) is 4.52 Å². The lowest BCUT2D eigenvalue weighted by Gasteiger charge is -2.17. The fraction of sp³-hybridized carbons (Fsp3) is 0.526. The summed E-state index contributed by atoms with van der Waals surface area (Å²) in [5.74, 6) is 3.35. The highest BCUT2D eigenvalue weighted by atomic mass is 16.5. The molecule has 1 unspecified atom stereocenters. The highest BCUT2D eigenvalue weighted by molar-refractivity contribution is 5.38. The third kappa shape index (κ3) is 3.31. The Kier molecular flexibility index (Phi) is 3.91. The van der Waals surface area contributed by atoms with E-state index in [1.54, 1.807) is 0 Å². The minimum Gasteiger partial charge on any atom is -0.476 e. The Bertz CT molecular complexity index is 961. The van der Waals surface area contributed by atoms with Crippen molar-refractivity contribution in [1.29, 1.82) is 0 Å². The van der Waals surface area contributed by atoms with Crippen molar-refractivity contribution in [2.24, 2.45) is 5.92 Å². The normalized spacial score (nSPS) is 19.8. The van der Waals surface area contributed by atoms with Gasteiger partial charge in [0.15, 0.2) is 11.5 Å². The smallest absolute Gasteiger partial charge is 0.231 e. The average molecular weight is 365 g/mol. The van der Waals surface area contributed by atoms with Gasteiger partial charge >= 0.3 is 0 Å². The number of aryl methyl sites for hydroxylation is 2. The third-order valence-corrected chi connectivity index (χ3v) is 5.21. The number of fused-ring (bicyclic) bond motifs is 1. The number of ether oxygens (including phenoxy) is 1. The summed E-state index contributed by atoms with van der Waals surface area (Å²) in [6, 6.07) is 5.80. The summed E-state index contributed by atoms with van der Waals surface area (Å²) in [7, 11) is 0.